The van der Waals surface area contributed by atoms with Crippen molar-refractivity contribution in [1.29, 1.82) is 0 Å². The highest BCUT2D eigenvalue weighted by molar-refractivity contribution is 5.61. The normalized spacial score (nSPS) is 10.3. The van der Waals surface area contributed by atoms with Crippen LogP contribution >= 0.6 is 0 Å². The highest BCUT2D eigenvalue weighted by Crippen LogP contribution is 2.24. The summed E-state index contributed by atoms with van der Waals surface area (Å²) >= 11 is 0. The van der Waals surface area contributed by atoms with Gasteiger partial charge in [0.15, 0.2) is 0 Å². The number of nitrogens with two attached hydrogens (primary N) is 1. The molecule has 1 aromatic heterocycles. The summed E-state index contributed by atoms with van der Waals surface area (Å²) in [6.45, 7) is 0.817. The lowest BCUT2D eigenvalue weighted by atomic mass is 10.2. The molecule has 5 nitrogen and oxygen atoms in total. The smallest absolute Gasteiger partial charge is 0.143 e. The van der Waals surface area contributed by atoms with Crippen LogP contribution in [-0.2, 0) is 13.5 Å². The Morgan fingerprint density at radius 3 is 2.94 bits per heavy atom. The maximum atomic E-state index is 5.76. The Kier molecular flexibility index (Phi) is 3.72. The molecule has 96 valence electrons. The quantitative estimate of drug-likeness (QED) is 0.788. The summed E-state index contributed by atoms with van der Waals surface area (Å²) in [4.78, 5) is 4.27. The Bertz CT molecular complexity index is 521. The largest absolute Gasteiger partial charge is 0.495 e. The minimum absolute atomic E-state index is 0.646. The van der Waals surface area contributed by atoms with Gasteiger partial charge in [0, 0.05) is 44.2 Å². The average Bonchev–Trinajstić information content (AvgIpc) is 2.77. The zero-order valence-corrected chi connectivity index (χ0v) is 10.7. The highest BCUT2D eigenvalue weighted by atomic mass is 16.5. The second kappa shape index (κ2) is 5.44. The van der Waals surface area contributed by atoms with Gasteiger partial charge in [0.2, 0.25) is 0 Å². The van der Waals surface area contributed by atoms with Crippen LogP contribution in [0.5, 0.6) is 5.75 Å². The van der Waals surface area contributed by atoms with E-state index in [-0.39, 0.29) is 0 Å². The number of aromatic nitrogens is 2. The molecule has 3 N–H and O–H groups in total. The lowest BCUT2D eigenvalue weighted by Gasteiger charge is -2.09. The van der Waals surface area contributed by atoms with Gasteiger partial charge < -0.3 is 20.4 Å². The molecule has 1 aromatic carbocycles. The van der Waals surface area contributed by atoms with Gasteiger partial charge in [-0.1, -0.05) is 0 Å². The van der Waals surface area contributed by atoms with Gasteiger partial charge in [0.1, 0.15) is 11.6 Å². The van der Waals surface area contributed by atoms with E-state index in [1.807, 2.05) is 42.2 Å². The van der Waals surface area contributed by atoms with Crippen LogP contribution in [0.3, 0.4) is 0 Å². The maximum absolute atomic E-state index is 5.76. The van der Waals surface area contributed by atoms with E-state index in [0.717, 1.165) is 24.5 Å². The Balaban J connectivity index is 1.92. The third-order valence-electron chi connectivity index (χ3n) is 2.83. The molecule has 0 fully saturated rings. The SMILES string of the molecule is COc1cc(NCCc2nccn2C)ccc1N. The van der Waals surface area contributed by atoms with E-state index >= 15 is 0 Å². The van der Waals surface area contributed by atoms with Crippen molar-refractivity contribution in [3.8, 4) is 5.75 Å². The minimum Gasteiger partial charge on any atom is -0.495 e. The van der Waals surface area contributed by atoms with E-state index in [1.165, 1.54) is 0 Å². The number of imidazole rings is 1. The monoisotopic (exact) mass is 246 g/mol. The van der Waals surface area contributed by atoms with Crippen LogP contribution in [0.1, 0.15) is 5.82 Å². The van der Waals surface area contributed by atoms with Crippen molar-refractivity contribution in [2.75, 3.05) is 24.7 Å². The summed E-state index contributed by atoms with van der Waals surface area (Å²) in [5.41, 5.74) is 7.40. The van der Waals surface area contributed by atoms with Gasteiger partial charge in [-0.2, -0.15) is 0 Å². The van der Waals surface area contributed by atoms with Gasteiger partial charge in [-0.25, -0.2) is 4.98 Å². The molecule has 18 heavy (non-hydrogen) atoms. The first-order valence-electron chi connectivity index (χ1n) is 5.84. The lowest BCUT2D eigenvalue weighted by Crippen LogP contribution is -2.08. The number of nitrogens with one attached hydrogen (secondary N) is 1. The molecular formula is C13H18N4O. The van der Waals surface area contributed by atoms with Crippen LogP contribution in [0.2, 0.25) is 0 Å². The van der Waals surface area contributed by atoms with Gasteiger partial charge in [-0.3, -0.25) is 0 Å². The number of hydrogen-bond donors (Lipinski definition) is 2. The predicted octanol–water partition coefficient (Wildman–Crippen LogP) is 1.67. The molecule has 0 aliphatic rings. The molecule has 1 heterocycles. The Morgan fingerprint density at radius 2 is 2.28 bits per heavy atom. The van der Waals surface area contributed by atoms with Gasteiger partial charge in [0.05, 0.1) is 12.8 Å². The van der Waals surface area contributed by atoms with E-state index in [9.17, 15) is 0 Å². The van der Waals surface area contributed by atoms with Crippen molar-refractivity contribution < 1.29 is 4.74 Å². The number of hydrogen-bond acceptors (Lipinski definition) is 4. The van der Waals surface area contributed by atoms with Crippen molar-refractivity contribution in [2.45, 2.75) is 6.42 Å². The lowest BCUT2D eigenvalue weighted by molar-refractivity contribution is 0.417. The topological polar surface area (TPSA) is 65.1 Å². The van der Waals surface area contributed by atoms with Crippen molar-refractivity contribution in [3.63, 3.8) is 0 Å². The Labute approximate surface area is 107 Å². The second-order valence-electron chi connectivity index (χ2n) is 4.09. The molecule has 0 saturated heterocycles. The number of nitrogen functional groups attached to an aromatic ring is 1. The van der Waals surface area contributed by atoms with Crippen molar-refractivity contribution in [2.24, 2.45) is 7.05 Å². The number of rotatable bonds is 5. The maximum Gasteiger partial charge on any atom is 0.143 e. The molecule has 0 bridgehead atoms. The summed E-state index contributed by atoms with van der Waals surface area (Å²) in [7, 11) is 3.61. The molecule has 0 radical (unpaired) electrons. The van der Waals surface area contributed by atoms with Crippen LogP contribution in [-0.4, -0.2) is 23.2 Å². The molecular weight excluding hydrogens is 228 g/mol. The van der Waals surface area contributed by atoms with E-state index in [0.29, 0.717) is 11.4 Å². The summed E-state index contributed by atoms with van der Waals surface area (Å²) in [5, 5.41) is 3.32. The minimum atomic E-state index is 0.646. The van der Waals surface area contributed by atoms with Crippen LogP contribution in [0.25, 0.3) is 0 Å². The van der Waals surface area contributed by atoms with Gasteiger partial charge in [-0.15, -0.1) is 0 Å². The van der Waals surface area contributed by atoms with E-state index in [4.69, 9.17) is 10.5 Å². The van der Waals surface area contributed by atoms with Gasteiger partial charge >= 0.3 is 0 Å². The number of methoxy groups -OCH3 is 1. The first-order chi connectivity index (χ1) is 8.70. The van der Waals surface area contributed by atoms with Crippen molar-refractivity contribution >= 4 is 11.4 Å². The van der Waals surface area contributed by atoms with Crippen molar-refractivity contribution in [1.82, 2.24) is 9.55 Å². The molecule has 0 amide bonds. The van der Waals surface area contributed by atoms with E-state index < -0.39 is 0 Å². The van der Waals surface area contributed by atoms with Crippen molar-refractivity contribution in [3.05, 3.63) is 36.4 Å². The highest BCUT2D eigenvalue weighted by Gasteiger charge is 2.02. The van der Waals surface area contributed by atoms with E-state index in [1.54, 1.807) is 7.11 Å². The Morgan fingerprint density at radius 1 is 1.44 bits per heavy atom. The van der Waals surface area contributed by atoms with Crippen LogP contribution in [0.4, 0.5) is 11.4 Å². The fourth-order valence-corrected chi connectivity index (χ4v) is 1.78. The van der Waals surface area contributed by atoms with Gasteiger partial charge in [0.25, 0.3) is 0 Å². The third-order valence-corrected chi connectivity index (χ3v) is 2.83. The first kappa shape index (κ1) is 12.3. The summed E-state index contributed by atoms with van der Waals surface area (Å²) in [5.74, 6) is 1.75. The van der Waals surface area contributed by atoms with Gasteiger partial charge in [-0.05, 0) is 12.1 Å². The molecule has 0 atom stereocenters. The van der Waals surface area contributed by atoms with Crippen LogP contribution in [0.15, 0.2) is 30.6 Å². The predicted molar refractivity (Wildman–Crippen MR) is 72.8 cm³/mol. The summed E-state index contributed by atoms with van der Waals surface area (Å²) < 4.78 is 7.19. The van der Waals surface area contributed by atoms with Crippen LogP contribution in [0, 0.1) is 0 Å². The molecule has 0 saturated carbocycles. The molecule has 0 unspecified atom stereocenters. The number of aryl methyl sites for hydroxylation is 1. The first-order valence-corrected chi connectivity index (χ1v) is 5.84. The molecule has 0 aliphatic heterocycles. The fourth-order valence-electron chi connectivity index (χ4n) is 1.78. The average molecular weight is 246 g/mol. The number of ether oxygens (including phenoxy) is 1. The number of anilines is 2. The molecule has 0 spiro atoms. The third kappa shape index (κ3) is 2.74. The standard InChI is InChI=1S/C13H18N4O/c1-17-8-7-16-13(17)5-6-15-10-3-4-11(14)12(9-10)18-2/h3-4,7-9,15H,5-6,14H2,1-2H3. The molecule has 2 aromatic rings. The summed E-state index contributed by atoms with van der Waals surface area (Å²) in [6.07, 6.45) is 4.62. The number of benzene rings is 1. The Hall–Kier alpha value is -2.17. The molecule has 2 rings (SSSR count). The fraction of sp³-hybridized carbons (Fsp3) is 0.308. The van der Waals surface area contributed by atoms with E-state index in [2.05, 4.69) is 10.3 Å². The van der Waals surface area contributed by atoms with Crippen LogP contribution < -0.4 is 15.8 Å². The summed E-state index contributed by atoms with van der Waals surface area (Å²) in [6, 6.07) is 5.67. The number of nitrogens with zero attached hydrogens (tertiary/aromatic N) is 2. The molecule has 5 heteroatoms. The zero-order valence-electron chi connectivity index (χ0n) is 10.7. The zero-order chi connectivity index (χ0) is 13.0. The molecule has 0 aliphatic carbocycles. The second-order valence-corrected chi connectivity index (χ2v) is 4.09.